The Morgan fingerprint density at radius 2 is 1.83 bits per heavy atom. The van der Waals surface area contributed by atoms with Crippen LogP contribution in [0.4, 0.5) is 0 Å². The molecule has 0 spiro atoms. The summed E-state index contributed by atoms with van der Waals surface area (Å²) in [7, 11) is 0. The van der Waals surface area contributed by atoms with Crippen molar-refractivity contribution in [2.45, 2.75) is 20.3 Å². The molecule has 0 N–H and O–H groups in total. The summed E-state index contributed by atoms with van der Waals surface area (Å²) >= 11 is 3.71. The highest BCUT2D eigenvalue weighted by Crippen LogP contribution is 2.32. The van der Waals surface area contributed by atoms with Gasteiger partial charge in [0.15, 0.2) is 0 Å². The predicted molar refractivity (Wildman–Crippen MR) is 153 cm³/mol. The standard InChI is InChI=1S/C32H26BrN3/c1-19-11-13-21(14-12-19)30-25-9-5-6-10-28(25)34-32(35-30)36-29-16-15-22(33)18-26(29)27-17-20(2)23-7-3-4-8-24(23)31(27)36/h3-11,13-20,23H,12H2,1-2H3. The fourth-order valence-corrected chi connectivity index (χ4v) is 6.22. The van der Waals surface area contributed by atoms with E-state index in [4.69, 9.17) is 9.97 Å². The first-order valence-electron chi connectivity index (χ1n) is 12.7. The molecule has 176 valence electrons. The maximum absolute atomic E-state index is 5.28. The number of rotatable bonds is 2. The van der Waals surface area contributed by atoms with Crippen LogP contribution >= 0.6 is 15.9 Å². The van der Waals surface area contributed by atoms with Crippen molar-refractivity contribution in [3.8, 4) is 5.95 Å². The number of hydrogen-bond acceptors (Lipinski definition) is 2. The monoisotopic (exact) mass is 531 g/mol. The third-order valence-corrected chi connectivity index (χ3v) is 8.17. The second kappa shape index (κ2) is 8.28. The van der Waals surface area contributed by atoms with Crippen LogP contribution in [0.25, 0.3) is 45.0 Å². The number of hydrogen-bond donors (Lipinski definition) is 0. The van der Waals surface area contributed by atoms with Gasteiger partial charge in [-0.05, 0) is 53.7 Å². The van der Waals surface area contributed by atoms with Crippen LogP contribution < -0.4 is 10.6 Å². The maximum atomic E-state index is 5.28. The van der Waals surface area contributed by atoms with E-state index in [1.165, 1.54) is 27.1 Å². The largest absolute Gasteiger partial charge is 0.278 e. The zero-order chi connectivity index (χ0) is 24.4. The summed E-state index contributed by atoms with van der Waals surface area (Å²) in [6.45, 7) is 4.56. The highest BCUT2D eigenvalue weighted by Gasteiger charge is 2.26. The van der Waals surface area contributed by atoms with Crippen molar-refractivity contribution in [2.24, 2.45) is 17.8 Å². The van der Waals surface area contributed by atoms with Gasteiger partial charge in [0.2, 0.25) is 5.95 Å². The normalized spacial score (nSPS) is 22.5. The van der Waals surface area contributed by atoms with Crippen LogP contribution in [0, 0.1) is 17.8 Å². The molecule has 4 aromatic rings. The van der Waals surface area contributed by atoms with Gasteiger partial charge >= 0.3 is 0 Å². The Labute approximate surface area is 218 Å². The van der Waals surface area contributed by atoms with Gasteiger partial charge in [-0.3, -0.25) is 4.57 Å². The molecular weight excluding hydrogens is 506 g/mol. The topological polar surface area (TPSA) is 30.7 Å². The van der Waals surface area contributed by atoms with Crippen molar-refractivity contribution in [2.75, 3.05) is 0 Å². The molecule has 3 unspecified atom stereocenters. The Morgan fingerprint density at radius 3 is 2.69 bits per heavy atom. The van der Waals surface area contributed by atoms with Crippen LogP contribution in [0.5, 0.6) is 0 Å². The minimum atomic E-state index is 0.347. The van der Waals surface area contributed by atoms with Gasteiger partial charge in [-0.1, -0.05) is 96.6 Å². The van der Waals surface area contributed by atoms with Gasteiger partial charge in [-0.15, -0.1) is 0 Å². The van der Waals surface area contributed by atoms with Crippen LogP contribution in [0.2, 0.25) is 0 Å². The van der Waals surface area contributed by atoms with Crippen molar-refractivity contribution < 1.29 is 0 Å². The molecule has 0 bridgehead atoms. The molecular formula is C32H26BrN3. The summed E-state index contributed by atoms with van der Waals surface area (Å²) < 4.78 is 3.37. The SMILES string of the molecule is CC1C=CC(c2nc(-n3c4c(c5cc(Br)ccc53)=CC(C)C3C=CC=CC=43)nc3ccccc23)=CC1. The zero-order valence-electron chi connectivity index (χ0n) is 20.3. The predicted octanol–water partition coefficient (Wildman–Crippen LogP) is 6.64. The third-order valence-electron chi connectivity index (χ3n) is 7.68. The van der Waals surface area contributed by atoms with Crippen LogP contribution in [-0.4, -0.2) is 14.5 Å². The lowest BCUT2D eigenvalue weighted by atomic mass is 9.80. The van der Waals surface area contributed by atoms with Crippen LogP contribution in [0.15, 0.2) is 89.5 Å². The second-order valence-electron chi connectivity index (χ2n) is 10.1. The molecule has 2 heterocycles. The molecule has 2 aromatic carbocycles. The molecule has 0 radical (unpaired) electrons. The van der Waals surface area contributed by atoms with Gasteiger partial charge in [0.1, 0.15) is 0 Å². The highest BCUT2D eigenvalue weighted by atomic mass is 79.9. The van der Waals surface area contributed by atoms with Gasteiger partial charge in [-0.25, -0.2) is 9.97 Å². The first-order valence-corrected chi connectivity index (χ1v) is 13.4. The lowest BCUT2D eigenvalue weighted by Crippen LogP contribution is -2.38. The molecule has 3 nitrogen and oxygen atoms in total. The van der Waals surface area contributed by atoms with Gasteiger partial charge in [0.25, 0.3) is 0 Å². The Bertz CT molecular complexity index is 1820. The zero-order valence-corrected chi connectivity index (χ0v) is 21.9. The van der Waals surface area contributed by atoms with Crippen molar-refractivity contribution in [1.29, 1.82) is 0 Å². The molecule has 2 aromatic heterocycles. The molecule has 0 saturated carbocycles. The smallest absolute Gasteiger partial charge is 0.235 e. The molecule has 36 heavy (non-hydrogen) atoms. The molecule has 0 amide bonds. The van der Waals surface area contributed by atoms with E-state index >= 15 is 0 Å². The quantitative estimate of drug-likeness (QED) is 0.290. The number of allylic oxidation sites excluding steroid dienone is 8. The summed E-state index contributed by atoms with van der Waals surface area (Å²) in [6.07, 6.45) is 19.2. The maximum Gasteiger partial charge on any atom is 0.235 e. The highest BCUT2D eigenvalue weighted by molar-refractivity contribution is 9.10. The van der Waals surface area contributed by atoms with Crippen LogP contribution in [0.1, 0.15) is 26.0 Å². The first kappa shape index (κ1) is 21.8. The van der Waals surface area contributed by atoms with Gasteiger partial charge < -0.3 is 0 Å². The van der Waals surface area contributed by atoms with Crippen molar-refractivity contribution in [1.82, 2.24) is 14.5 Å². The van der Waals surface area contributed by atoms with Crippen molar-refractivity contribution in [3.05, 3.63) is 106 Å². The van der Waals surface area contributed by atoms with E-state index in [1.54, 1.807) is 0 Å². The van der Waals surface area contributed by atoms with E-state index in [2.05, 4.69) is 125 Å². The Kier molecular flexibility index (Phi) is 5.00. The van der Waals surface area contributed by atoms with E-state index in [-0.39, 0.29) is 0 Å². The number of benzene rings is 2. The Balaban J connectivity index is 1.62. The molecule has 3 atom stereocenters. The molecule has 0 saturated heterocycles. The molecule has 0 aliphatic heterocycles. The van der Waals surface area contributed by atoms with Crippen LogP contribution in [-0.2, 0) is 0 Å². The number of halogens is 1. The van der Waals surface area contributed by atoms with Gasteiger partial charge in [0.05, 0.1) is 22.1 Å². The molecule has 4 heteroatoms. The fourth-order valence-electron chi connectivity index (χ4n) is 5.86. The Hall–Kier alpha value is -3.50. The summed E-state index contributed by atoms with van der Waals surface area (Å²) in [5.74, 6) is 2.04. The second-order valence-corrected chi connectivity index (χ2v) is 11.0. The summed E-state index contributed by atoms with van der Waals surface area (Å²) in [5.41, 5.74) is 5.60. The summed E-state index contributed by atoms with van der Waals surface area (Å²) in [4.78, 5) is 10.4. The van der Waals surface area contributed by atoms with Crippen molar-refractivity contribution in [3.63, 3.8) is 0 Å². The van der Waals surface area contributed by atoms with E-state index in [0.717, 1.165) is 39.0 Å². The van der Waals surface area contributed by atoms with Crippen molar-refractivity contribution >= 4 is 55.0 Å². The third kappa shape index (κ3) is 3.31. The number of fused-ring (bicyclic) bond motifs is 5. The molecule has 3 aliphatic carbocycles. The summed E-state index contributed by atoms with van der Waals surface area (Å²) in [6, 6.07) is 14.9. The Morgan fingerprint density at radius 1 is 0.944 bits per heavy atom. The average molecular weight is 532 g/mol. The lowest BCUT2D eigenvalue weighted by molar-refractivity contribution is 0.645. The fraction of sp³-hybridized carbons (Fsp3) is 0.188. The van der Waals surface area contributed by atoms with Gasteiger partial charge in [-0.2, -0.15) is 0 Å². The van der Waals surface area contributed by atoms with E-state index in [9.17, 15) is 0 Å². The minimum Gasteiger partial charge on any atom is -0.278 e. The number of para-hydroxylation sites is 1. The molecule has 7 rings (SSSR count). The van der Waals surface area contributed by atoms with E-state index < -0.39 is 0 Å². The van der Waals surface area contributed by atoms with Crippen LogP contribution in [0.3, 0.4) is 0 Å². The average Bonchev–Trinajstić information content (AvgIpc) is 3.22. The number of nitrogens with zero attached hydrogens (tertiary/aromatic N) is 3. The first-order chi connectivity index (χ1) is 17.6. The van der Waals surface area contributed by atoms with E-state index in [1.807, 2.05) is 0 Å². The summed E-state index contributed by atoms with van der Waals surface area (Å²) in [5, 5.41) is 4.79. The molecule has 3 aliphatic rings. The lowest BCUT2D eigenvalue weighted by Gasteiger charge is -2.25. The van der Waals surface area contributed by atoms with E-state index in [0.29, 0.717) is 17.8 Å². The minimum absolute atomic E-state index is 0.347. The molecule has 0 fully saturated rings. The number of aromatic nitrogens is 3. The van der Waals surface area contributed by atoms with Gasteiger partial charge in [0, 0.05) is 26.4 Å².